The van der Waals surface area contributed by atoms with Crippen LogP contribution in [0, 0.1) is 0 Å². The predicted molar refractivity (Wildman–Crippen MR) is 262 cm³/mol. The molecule has 2 heteroatoms. The maximum absolute atomic E-state index is 5.37. The summed E-state index contributed by atoms with van der Waals surface area (Å²) in [6.07, 6.45) is 0. The summed E-state index contributed by atoms with van der Waals surface area (Å²) in [6.45, 7) is 0. The summed E-state index contributed by atoms with van der Waals surface area (Å²) < 4.78 is 0. The second-order valence-electron chi connectivity index (χ2n) is 16.4. The van der Waals surface area contributed by atoms with Gasteiger partial charge in [0.15, 0.2) is 5.82 Å². The van der Waals surface area contributed by atoms with Crippen LogP contribution in [0.5, 0.6) is 0 Å². The smallest absolute Gasteiger partial charge is 0.161 e. The second kappa shape index (κ2) is 15.1. The van der Waals surface area contributed by atoms with Gasteiger partial charge < -0.3 is 0 Å². The molecule has 0 unspecified atom stereocenters. The maximum atomic E-state index is 5.37. The molecule has 0 radical (unpaired) electrons. The molecular weight excluding hydrogens is 761 g/mol. The largest absolute Gasteiger partial charge is 0.228 e. The first kappa shape index (κ1) is 36.6. The Kier molecular flexibility index (Phi) is 8.76. The molecule has 0 bridgehead atoms. The minimum absolute atomic E-state index is 0.477. The lowest BCUT2D eigenvalue weighted by Crippen LogP contribution is -2.28. The second-order valence-corrected chi connectivity index (χ2v) is 16.4. The molecule has 1 heterocycles. The molecule has 294 valence electrons. The monoisotopic (exact) mass is 800 g/mol. The van der Waals surface area contributed by atoms with Gasteiger partial charge in [-0.2, -0.15) is 0 Å². The van der Waals surface area contributed by atoms with Crippen molar-refractivity contribution >= 4 is 21.5 Å². The van der Waals surface area contributed by atoms with Gasteiger partial charge in [0.1, 0.15) is 0 Å². The van der Waals surface area contributed by atoms with Gasteiger partial charge in [-0.1, -0.05) is 231 Å². The highest BCUT2D eigenvalue weighted by Crippen LogP contribution is 2.58. The summed E-state index contributed by atoms with van der Waals surface area (Å²) in [5, 5.41) is 4.75. The first-order chi connectivity index (χ1) is 31.3. The third-order valence-electron chi connectivity index (χ3n) is 13.0. The molecule has 0 saturated heterocycles. The Morgan fingerprint density at radius 3 is 1.48 bits per heavy atom. The first-order valence-electron chi connectivity index (χ1n) is 21.7. The molecule has 10 aromatic carbocycles. The molecule has 1 aliphatic carbocycles. The van der Waals surface area contributed by atoms with Crippen LogP contribution in [0.2, 0.25) is 0 Å². The number of benzene rings is 10. The topological polar surface area (TPSA) is 25.8 Å². The molecular formula is C61H40N2. The Morgan fingerprint density at radius 2 is 0.762 bits per heavy atom. The van der Waals surface area contributed by atoms with Gasteiger partial charge in [0.25, 0.3) is 0 Å². The molecule has 0 aliphatic heterocycles. The zero-order valence-electron chi connectivity index (χ0n) is 34.5. The predicted octanol–water partition coefficient (Wildman–Crippen LogP) is 15.5. The van der Waals surface area contributed by atoms with Crippen LogP contribution in [0.3, 0.4) is 0 Å². The van der Waals surface area contributed by atoms with Crippen LogP contribution in [0.4, 0.5) is 0 Å². The highest BCUT2D eigenvalue weighted by atomic mass is 14.9. The molecule has 1 aromatic heterocycles. The minimum Gasteiger partial charge on any atom is -0.228 e. The van der Waals surface area contributed by atoms with Crippen LogP contribution < -0.4 is 0 Å². The fourth-order valence-electron chi connectivity index (χ4n) is 10.2. The molecule has 11 aromatic rings. The van der Waals surface area contributed by atoms with Crippen LogP contribution in [0.1, 0.15) is 22.3 Å². The Hall–Kier alpha value is -8.20. The van der Waals surface area contributed by atoms with Crippen LogP contribution in [-0.4, -0.2) is 9.97 Å². The fourth-order valence-corrected chi connectivity index (χ4v) is 10.2. The lowest BCUT2D eigenvalue weighted by molar-refractivity contribution is 0.768. The van der Waals surface area contributed by atoms with Crippen molar-refractivity contribution in [2.75, 3.05) is 0 Å². The van der Waals surface area contributed by atoms with E-state index in [9.17, 15) is 0 Å². The maximum Gasteiger partial charge on any atom is 0.161 e. The van der Waals surface area contributed by atoms with Gasteiger partial charge in [0.2, 0.25) is 0 Å². The highest BCUT2D eigenvalue weighted by Gasteiger charge is 2.46. The summed E-state index contributed by atoms with van der Waals surface area (Å²) in [5.74, 6) is 0.697. The van der Waals surface area contributed by atoms with E-state index >= 15 is 0 Å². The average Bonchev–Trinajstić information content (AvgIpc) is 3.68. The Morgan fingerprint density at radius 1 is 0.286 bits per heavy atom. The van der Waals surface area contributed by atoms with E-state index < -0.39 is 5.41 Å². The van der Waals surface area contributed by atoms with Crippen LogP contribution in [-0.2, 0) is 5.41 Å². The summed E-state index contributed by atoms with van der Waals surface area (Å²) >= 11 is 0. The number of rotatable bonds is 7. The van der Waals surface area contributed by atoms with Crippen molar-refractivity contribution in [1.82, 2.24) is 9.97 Å². The van der Waals surface area contributed by atoms with Crippen molar-refractivity contribution in [1.29, 1.82) is 0 Å². The highest BCUT2D eigenvalue weighted by molar-refractivity contribution is 6.08. The molecule has 0 N–H and O–H groups in total. The standard InChI is InChI=1S/C61H40N2/c1-4-19-43(20-5-1)57-40-58(44-36-34-42(35-37-44)48-30-16-21-41-18-10-11-26-47(41)48)63-60(62-57)53-39-38-51(49-27-12-13-28-50(49)53)52-31-17-33-56-59(52)54-29-14-15-32-55(54)61(56,45-22-6-2-7-23-45)46-24-8-3-9-25-46/h1-40H. The minimum atomic E-state index is -0.477. The van der Waals surface area contributed by atoms with Crippen molar-refractivity contribution in [3.8, 4) is 67.3 Å². The zero-order valence-corrected chi connectivity index (χ0v) is 34.5. The number of hydrogen-bond acceptors (Lipinski definition) is 2. The number of aromatic nitrogens is 2. The Labute approximate surface area is 367 Å². The molecule has 1 aliphatic rings. The molecule has 2 nitrogen and oxygen atoms in total. The van der Waals surface area contributed by atoms with E-state index in [4.69, 9.17) is 9.97 Å². The molecule has 0 fully saturated rings. The van der Waals surface area contributed by atoms with E-state index in [1.165, 1.54) is 66.4 Å². The van der Waals surface area contributed by atoms with Gasteiger partial charge in [-0.15, -0.1) is 0 Å². The average molecular weight is 801 g/mol. The summed E-state index contributed by atoms with van der Waals surface area (Å²) in [5.41, 5.74) is 16.8. The Balaban J connectivity index is 1.03. The van der Waals surface area contributed by atoms with E-state index in [-0.39, 0.29) is 0 Å². The molecule has 63 heavy (non-hydrogen) atoms. The zero-order chi connectivity index (χ0) is 41.7. The van der Waals surface area contributed by atoms with Crippen molar-refractivity contribution in [2.45, 2.75) is 5.41 Å². The van der Waals surface area contributed by atoms with Gasteiger partial charge >= 0.3 is 0 Å². The lowest BCUT2D eigenvalue weighted by Gasteiger charge is -2.34. The normalized spacial score (nSPS) is 12.6. The number of fused-ring (bicyclic) bond motifs is 5. The molecule has 12 rings (SSSR count). The van der Waals surface area contributed by atoms with Crippen molar-refractivity contribution in [3.05, 3.63) is 265 Å². The van der Waals surface area contributed by atoms with Gasteiger partial charge in [0, 0.05) is 16.7 Å². The number of nitrogens with zero attached hydrogens (tertiary/aromatic N) is 2. The summed E-state index contributed by atoms with van der Waals surface area (Å²) in [4.78, 5) is 10.7. The van der Waals surface area contributed by atoms with Crippen LogP contribution in [0.15, 0.2) is 243 Å². The van der Waals surface area contributed by atoms with E-state index in [0.717, 1.165) is 38.9 Å². The van der Waals surface area contributed by atoms with Crippen LogP contribution >= 0.6 is 0 Å². The van der Waals surface area contributed by atoms with Crippen molar-refractivity contribution in [3.63, 3.8) is 0 Å². The quantitative estimate of drug-likeness (QED) is 0.160. The van der Waals surface area contributed by atoms with Gasteiger partial charge in [0.05, 0.1) is 16.8 Å². The third kappa shape index (κ3) is 5.95. The molecule has 0 saturated carbocycles. The number of hydrogen-bond donors (Lipinski definition) is 0. The first-order valence-corrected chi connectivity index (χ1v) is 21.7. The molecule has 0 atom stereocenters. The molecule has 0 amide bonds. The Bertz CT molecular complexity index is 3440. The SMILES string of the molecule is c1ccc(-c2cc(-c3ccc(-c4cccc5ccccc45)cc3)nc(-c3ccc(-c4cccc5c4-c4ccccc4C5(c4ccccc4)c4ccccc4)c4ccccc34)n2)cc1. The van der Waals surface area contributed by atoms with Crippen molar-refractivity contribution in [2.24, 2.45) is 0 Å². The third-order valence-corrected chi connectivity index (χ3v) is 13.0. The van der Waals surface area contributed by atoms with Gasteiger partial charge in [-0.25, -0.2) is 9.97 Å². The lowest BCUT2D eigenvalue weighted by atomic mass is 9.67. The van der Waals surface area contributed by atoms with Gasteiger partial charge in [-0.05, 0) is 89.3 Å². The molecule has 0 spiro atoms. The summed E-state index contributed by atoms with van der Waals surface area (Å²) in [6, 6.07) is 87.6. The van der Waals surface area contributed by atoms with E-state index in [1.54, 1.807) is 0 Å². The summed E-state index contributed by atoms with van der Waals surface area (Å²) in [7, 11) is 0. The van der Waals surface area contributed by atoms with Crippen molar-refractivity contribution < 1.29 is 0 Å². The van der Waals surface area contributed by atoms with Gasteiger partial charge in [-0.3, -0.25) is 0 Å². The fraction of sp³-hybridized carbons (Fsp3) is 0.0164. The van der Waals surface area contributed by atoms with Crippen LogP contribution in [0.25, 0.3) is 88.8 Å². The van der Waals surface area contributed by atoms with E-state index in [1.807, 2.05) is 6.07 Å². The van der Waals surface area contributed by atoms with E-state index in [2.05, 4.69) is 237 Å². The van der Waals surface area contributed by atoms with E-state index in [0.29, 0.717) is 5.82 Å².